The van der Waals surface area contributed by atoms with Crippen molar-refractivity contribution >= 4 is 6.03 Å². The number of benzene rings is 1. The predicted octanol–water partition coefficient (Wildman–Crippen LogP) is 2.92. The zero-order valence-corrected chi connectivity index (χ0v) is 12.8. The van der Waals surface area contributed by atoms with E-state index in [4.69, 9.17) is 0 Å². The van der Waals surface area contributed by atoms with E-state index in [-0.39, 0.29) is 11.4 Å². The van der Waals surface area contributed by atoms with Gasteiger partial charge in [-0.05, 0) is 37.0 Å². The molecule has 0 aliphatic heterocycles. The standard InChI is InChI=1S/C18H21N3O/c1-14-7-8-15(11-19-14)12-20-17(22)21-13-18(9-10-18)16-5-3-2-4-6-16/h2-8,11H,9-10,12-13H2,1H3,(H2,20,21,22). The fourth-order valence-corrected chi connectivity index (χ4v) is 2.61. The van der Waals surface area contributed by atoms with Gasteiger partial charge in [0.2, 0.25) is 0 Å². The molecule has 22 heavy (non-hydrogen) atoms. The summed E-state index contributed by atoms with van der Waals surface area (Å²) in [4.78, 5) is 16.2. The first-order chi connectivity index (χ1) is 10.7. The van der Waals surface area contributed by atoms with Crippen LogP contribution in [-0.4, -0.2) is 17.6 Å². The van der Waals surface area contributed by atoms with Crippen molar-refractivity contribution in [3.63, 3.8) is 0 Å². The maximum atomic E-state index is 11.9. The maximum absolute atomic E-state index is 11.9. The number of hydrogen-bond donors (Lipinski definition) is 2. The summed E-state index contributed by atoms with van der Waals surface area (Å²) in [5, 5.41) is 5.88. The van der Waals surface area contributed by atoms with Gasteiger partial charge in [-0.15, -0.1) is 0 Å². The molecule has 114 valence electrons. The third-order valence-electron chi connectivity index (χ3n) is 4.25. The summed E-state index contributed by atoms with van der Waals surface area (Å²) in [5.74, 6) is 0. The van der Waals surface area contributed by atoms with Crippen LogP contribution < -0.4 is 10.6 Å². The summed E-state index contributed by atoms with van der Waals surface area (Å²) in [7, 11) is 0. The number of aryl methyl sites for hydroxylation is 1. The average Bonchev–Trinajstić information content (AvgIpc) is 3.34. The van der Waals surface area contributed by atoms with Crippen molar-refractivity contribution in [3.8, 4) is 0 Å². The molecule has 2 amide bonds. The Labute approximate surface area is 131 Å². The minimum atomic E-state index is -0.122. The Bertz CT molecular complexity index is 633. The lowest BCUT2D eigenvalue weighted by atomic mass is 9.96. The summed E-state index contributed by atoms with van der Waals surface area (Å²) in [6.45, 7) is 3.13. The number of rotatable bonds is 5. The van der Waals surface area contributed by atoms with Crippen molar-refractivity contribution in [2.24, 2.45) is 0 Å². The first kappa shape index (κ1) is 14.6. The summed E-state index contributed by atoms with van der Waals surface area (Å²) >= 11 is 0. The minimum absolute atomic E-state index is 0.122. The van der Waals surface area contributed by atoms with Crippen LogP contribution in [0, 0.1) is 6.92 Å². The van der Waals surface area contributed by atoms with Gasteiger partial charge in [0.15, 0.2) is 0 Å². The highest BCUT2D eigenvalue weighted by Gasteiger charge is 2.44. The second-order valence-electron chi connectivity index (χ2n) is 5.99. The molecule has 2 aromatic rings. The van der Waals surface area contributed by atoms with Crippen LogP contribution in [0.15, 0.2) is 48.7 Å². The average molecular weight is 295 g/mol. The highest BCUT2D eigenvalue weighted by molar-refractivity contribution is 5.74. The third kappa shape index (κ3) is 3.45. The van der Waals surface area contributed by atoms with Crippen LogP contribution in [0.4, 0.5) is 4.79 Å². The molecule has 0 atom stereocenters. The first-order valence-corrected chi connectivity index (χ1v) is 7.67. The fraction of sp³-hybridized carbons (Fsp3) is 0.333. The van der Waals surface area contributed by atoms with E-state index in [0.29, 0.717) is 13.1 Å². The normalized spacial score (nSPS) is 15.1. The van der Waals surface area contributed by atoms with Gasteiger partial charge >= 0.3 is 6.03 Å². The molecule has 1 aromatic heterocycles. The molecule has 0 bridgehead atoms. The molecule has 2 N–H and O–H groups in total. The molecule has 4 nitrogen and oxygen atoms in total. The number of urea groups is 1. The third-order valence-corrected chi connectivity index (χ3v) is 4.25. The van der Waals surface area contributed by atoms with Crippen LogP contribution in [0.3, 0.4) is 0 Å². The van der Waals surface area contributed by atoms with E-state index >= 15 is 0 Å². The smallest absolute Gasteiger partial charge is 0.315 e. The van der Waals surface area contributed by atoms with Gasteiger partial charge in [0.05, 0.1) is 0 Å². The van der Waals surface area contributed by atoms with Crippen molar-refractivity contribution < 1.29 is 4.79 Å². The molecule has 1 heterocycles. The van der Waals surface area contributed by atoms with Gasteiger partial charge in [0.25, 0.3) is 0 Å². The summed E-state index contributed by atoms with van der Waals surface area (Å²) < 4.78 is 0. The van der Waals surface area contributed by atoms with Gasteiger partial charge in [-0.2, -0.15) is 0 Å². The van der Waals surface area contributed by atoms with Crippen molar-refractivity contribution in [2.75, 3.05) is 6.54 Å². The molecule has 0 radical (unpaired) electrons. The fourth-order valence-electron chi connectivity index (χ4n) is 2.61. The van der Waals surface area contributed by atoms with E-state index in [1.165, 1.54) is 5.56 Å². The van der Waals surface area contributed by atoms with Crippen molar-refractivity contribution in [2.45, 2.75) is 31.7 Å². The molecule has 3 rings (SSSR count). The van der Waals surface area contributed by atoms with Gasteiger partial charge in [0.1, 0.15) is 0 Å². The molecule has 1 aromatic carbocycles. The molecule has 1 saturated carbocycles. The zero-order chi connectivity index (χ0) is 15.4. The Kier molecular flexibility index (Phi) is 4.09. The number of carbonyl (C=O) groups excluding carboxylic acids is 1. The van der Waals surface area contributed by atoms with Crippen molar-refractivity contribution in [1.82, 2.24) is 15.6 Å². The van der Waals surface area contributed by atoms with Crippen LogP contribution in [0.5, 0.6) is 0 Å². The van der Waals surface area contributed by atoms with E-state index in [9.17, 15) is 4.79 Å². The van der Waals surface area contributed by atoms with E-state index < -0.39 is 0 Å². The Morgan fingerprint density at radius 1 is 1.14 bits per heavy atom. The quantitative estimate of drug-likeness (QED) is 0.891. The summed E-state index contributed by atoms with van der Waals surface area (Å²) in [5.41, 5.74) is 3.44. The number of aromatic nitrogens is 1. The SMILES string of the molecule is Cc1ccc(CNC(=O)NCC2(c3ccccc3)CC2)cn1. The number of nitrogens with one attached hydrogen (secondary N) is 2. The van der Waals surface area contributed by atoms with Crippen LogP contribution in [0.2, 0.25) is 0 Å². The van der Waals surface area contributed by atoms with E-state index in [2.05, 4.69) is 39.9 Å². The molecule has 0 spiro atoms. The second kappa shape index (κ2) is 6.18. The van der Waals surface area contributed by atoms with Crippen LogP contribution in [-0.2, 0) is 12.0 Å². The Hall–Kier alpha value is -2.36. The molecule has 0 saturated heterocycles. The summed E-state index contributed by atoms with van der Waals surface area (Å²) in [6.07, 6.45) is 4.07. The van der Waals surface area contributed by atoms with E-state index in [1.807, 2.05) is 25.1 Å². The molecule has 4 heteroatoms. The largest absolute Gasteiger partial charge is 0.337 e. The Balaban J connectivity index is 1.48. The monoisotopic (exact) mass is 295 g/mol. The van der Waals surface area contributed by atoms with Crippen LogP contribution >= 0.6 is 0 Å². The predicted molar refractivity (Wildman–Crippen MR) is 86.6 cm³/mol. The Morgan fingerprint density at radius 2 is 1.91 bits per heavy atom. The van der Waals surface area contributed by atoms with Gasteiger partial charge < -0.3 is 10.6 Å². The maximum Gasteiger partial charge on any atom is 0.315 e. The highest BCUT2D eigenvalue weighted by Crippen LogP contribution is 2.47. The van der Waals surface area contributed by atoms with Gasteiger partial charge in [0, 0.05) is 30.4 Å². The highest BCUT2D eigenvalue weighted by atomic mass is 16.2. The minimum Gasteiger partial charge on any atom is -0.337 e. The number of carbonyl (C=O) groups is 1. The molecule has 1 fully saturated rings. The van der Waals surface area contributed by atoms with Crippen LogP contribution in [0.1, 0.15) is 29.7 Å². The van der Waals surface area contributed by atoms with E-state index in [1.54, 1.807) is 6.20 Å². The number of nitrogens with zero attached hydrogens (tertiary/aromatic N) is 1. The van der Waals surface area contributed by atoms with Gasteiger partial charge in [-0.3, -0.25) is 4.98 Å². The molecule has 1 aliphatic rings. The van der Waals surface area contributed by atoms with Gasteiger partial charge in [-0.25, -0.2) is 4.79 Å². The summed E-state index contributed by atoms with van der Waals surface area (Å²) in [6, 6.07) is 14.2. The van der Waals surface area contributed by atoms with Crippen LogP contribution in [0.25, 0.3) is 0 Å². The second-order valence-corrected chi connectivity index (χ2v) is 5.99. The number of pyridine rings is 1. The lowest BCUT2D eigenvalue weighted by molar-refractivity contribution is 0.239. The number of hydrogen-bond acceptors (Lipinski definition) is 2. The van der Waals surface area contributed by atoms with E-state index in [0.717, 1.165) is 24.1 Å². The first-order valence-electron chi connectivity index (χ1n) is 7.67. The van der Waals surface area contributed by atoms with Gasteiger partial charge in [-0.1, -0.05) is 36.4 Å². The van der Waals surface area contributed by atoms with Crippen molar-refractivity contribution in [1.29, 1.82) is 0 Å². The van der Waals surface area contributed by atoms with Crippen molar-refractivity contribution in [3.05, 3.63) is 65.5 Å². The lowest BCUT2D eigenvalue weighted by Gasteiger charge is -2.17. The Morgan fingerprint density at radius 3 is 2.55 bits per heavy atom. The number of amides is 2. The molecular formula is C18H21N3O. The molecule has 1 aliphatic carbocycles. The molecular weight excluding hydrogens is 274 g/mol. The molecule has 0 unspecified atom stereocenters. The lowest BCUT2D eigenvalue weighted by Crippen LogP contribution is -2.39. The zero-order valence-electron chi connectivity index (χ0n) is 12.8. The topological polar surface area (TPSA) is 54.0 Å².